The molecular weight excluding hydrogens is 383 g/mol. The summed E-state index contributed by atoms with van der Waals surface area (Å²) < 4.78 is 13.4. The van der Waals surface area contributed by atoms with E-state index < -0.39 is 23.3 Å². The van der Waals surface area contributed by atoms with E-state index in [4.69, 9.17) is 0 Å². The number of halogens is 1. The molecule has 0 aromatic heterocycles. The highest BCUT2D eigenvalue weighted by atomic mass is 19.1. The Kier molecular flexibility index (Phi) is 5.41. The Hall–Kier alpha value is -3.02. The molecule has 0 spiro atoms. The van der Waals surface area contributed by atoms with Gasteiger partial charge in [-0.1, -0.05) is 44.0 Å². The second-order valence-electron chi connectivity index (χ2n) is 8.10. The number of rotatable bonds is 7. The van der Waals surface area contributed by atoms with Crippen molar-refractivity contribution in [3.8, 4) is 0 Å². The van der Waals surface area contributed by atoms with Crippen LogP contribution in [0.1, 0.15) is 59.7 Å². The highest BCUT2D eigenvalue weighted by molar-refractivity contribution is 6.11. The lowest BCUT2D eigenvalue weighted by Crippen LogP contribution is -2.44. The van der Waals surface area contributed by atoms with Crippen molar-refractivity contribution < 1.29 is 18.8 Å². The molecule has 1 saturated heterocycles. The number of aryl methyl sites for hydroxylation is 2. The molecule has 1 fully saturated rings. The summed E-state index contributed by atoms with van der Waals surface area (Å²) in [6.45, 7) is 1.69. The van der Waals surface area contributed by atoms with Gasteiger partial charge in [0.2, 0.25) is 0 Å². The smallest absolute Gasteiger partial charge is 0.319 e. The highest BCUT2D eigenvalue weighted by Crippen LogP contribution is 2.34. The first-order valence-corrected chi connectivity index (χ1v) is 10.5. The zero-order chi connectivity index (χ0) is 21.3. The van der Waals surface area contributed by atoms with Crippen molar-refractivity contribution in [2.75, 3.05) is 6.54 Å². The second kappa shape index (κ2) is 8.01. The van der Waals surface area contributed by atoms with Crippen molar-refractivity contribution in [3.63, 3.8) is 0 Å². The first-order chi connectivity index (χ1) is 14.4. The van der Waals surface area contributed by atoms with Gasteiger partial charge in [0.1, 0.15) is 11.4 Å². The number of amides is 3. The standard InChI is InChI=1S/C24H25FN2O3/c1-2-3-13-24(19-9-11-20(25)12-10-19)22(29)27(23(30)26-24)15-21(28)18-8-7-16-5-4-6-17(16)14-18/h7-12,14H,2-6,13,15H2,1H3,(H,26,30)/t24-/m1/s1. The van der Waals surface area contributed by atoms with Crippen LogP contribution < -0.4 is 5.32 Å². The van der Waals surface area contributed by atoms with Gasteiger partial charge in [0.05, 0.1) is 6.54 Å². The molecule has 1 aliphatic heterocycles. The summed E-state index contributed by atoms with van der Waals surface area (Å²) in [7, 11) is 0. The first-order valence-electron chi connectivity index (χ1n) is 10.5. The zero-order valence-corrected chi connectivity index (χ0v) is 17.0. The Labute approximate surface area is 175 Å². The number of ketones is 1. The Morgan fingerprint density at radius 2 is 1.83 bits per heavy atom. The lowest BCUT2D eigenvalue weighted by atomic mass is 9.84. The third kappa shape index (κ3) is 3.51. The summed E-state index contributed by atoms with van der Waals surface area (Å²) >= 11 is 0. The molecule has 0 unspecified atom stereocenters. The van der Waals surface area contributed by atoms with Gasteiger partial charge in [0, 0.05) is 5.56 Å². The van der Waals surface area contributed by atoms with Crippen molar-refractivity contribution in [3.05, 3.63) is 70.5 Å². The molecule has 6 heteroatoms. The van der Waals surface area contributed by atoms with E-state index >= 15 is 0 Å². The average molecular weight is 408 g/mol. The third-order valence-corrected chi connectivity index (χ3v) is 6.14. The summed E-state index contributed by atoms with van der Waals surface area (Å²) in [4.78, 5) is 40.0. The maximum Gasteiger partial charge on any atom is 0.325 e. The zero-order valence-electron chi connectivity index (χ0n) is 17.0. The summed E-state index contributed by atoms with van der Waals surface area (Å²) in [5, 5.41) is 2.80. The van der Waals surface area contributed by atoms with E-state index in [1.165, 1.54) is 35.4 Å². The van der Waals surface area contributed by atoms with Gasteiger partial charge in [-0.25, -0.2) is 9.18 Å². The number of unbranched alkanes of at least 4 members (excludes halogenated alkanes) is 1. The van der Waals surface area contributed by atoms with E-state index in [1.807, 2.05) is 19.1 Å². The van der Waals surface area contributed by atoms with E-state index in [1.54, 1.807) is 6.07 Å². The van der Waals surface area contributed by atoms with Crippen molar-refractivity contribution >= 4 is 17.7 Å². The third-order valence-electron chi connectivity index (χ3n) is 6.14. The number of carbonyl (C=O) groups excluding carboxylic acids is 3. The predicted molar refractivity (Wildman–Crippen MR) is 111 cm³/mol. The number of hydrogen-bond donors (Lipinski definition) is 1. The van der Waals surface area contributed by atoms with Crippen LogP contribution in [0.4, 0.5) is 9.18 Å². The van der Waals surface area contributed by atoms with Gasteiger partial charge in [-0.2, -0.15) is 0 Å². The average Bonchev–Trinajstić information content (AvgIpc) is 3.31. The number of urea groups is 1. The molecule has 156 valence electrons. The van der Waals surface area contributed by atoms with Crippen LogP contribution in [0.2, 0.25) is 0 Å². The van der Waals surface area contributed by atoms with Crippen molar-refractivity contribution in [1.82, 2.24) is 10.2 Å². The summed E-state index contributed by atoms with van der Waals surface area (Å²) in [6.07, 6.45) is 4.98. The molecule has 5 nitrogen and oxygen atoms in total. The van der Waals surface area contributed by atoms with E-state index in [9.17, 15) is 18.8 Å². The van der Waals surface area contributed by atoms with Gasteiger partial charge in [-0.05, 0) is 60.6 Å². The maximum atomic E-state index is 13.4. The normalized spacial score (nSPS) is 20.4. The number of nitrogens with one attached hydrogen (secondary N) is 1. The fraction of sp³-hybridized carbons (Fsp3) is 0.375. The van der Waals surface area contributed by atoms with Gasteiger partial charge >= 0.3 is 6.03 Å². The van der Waals surface area contributed by atoms with Crippen LogP contribution in [0.5, 0.6) is 0 Å². The Balaban J connectivity index is 1.60. The summed E-state index contributed by atoms with van der Waals surface area (Å²) in [6, 6.07) is 10.6. The number of fused-ring (bicyclic) bond motifs is 1. The van der Waals surface area contributed by atoms with Gasteiger partial charge in [0.25, 0.3) is 5.91 Å². The van der Waals surface area contributed by atoms with Crippen LogP contribution in [0.25, 0.3) is 0 Å². The number of carbonyl (C=O) groups is 3. The molecule has 2 aliphatic rings. The minimum atomic E-state index is -1.26. The summed E-state index contributed by atoms with van der Waals surface area (Å²) in [5.41, 5.74) is 2.21. The van der Waals surface area contributed by atoms with Crippen LogP contribution >= 0.6 is 0 Å². The number of imide groups is 1. The van der Waals surface area contributed by atoms with Crippen molar-refractivity contribution in [2.24, 2.45) is 0 Å². The second-order valence-corrected chi connectivity index (χ2v) is 8.10. The molecule has 1 heterocycles. The van der Waals surface area contributed by atoms with Gasteiger partial charge in [-0.3, -0.25) is 14.5 Å². The minimum Gasteiger partial charge on any atom is -0.319 e. The molecule has 3 amide bonds. The van der Waals surface area contributed by atoms with Crippen LogP contribution in [0.3, 0.4) is 0 Å². The lowest BCUT2D eigenvalue weighted by Gasteiger charge is -2.27. The molecule has 0 radical (unpaired) electrons. The van der Waals surface area contributed by atoms with Gasteiger partial charge < -0.3 is 5.32 Å². The molecule has 1 aliphatic carbocycles. The van der Waals surface area contributed by atoms with Gasteiger partial charge in [0.15, 0.2) is 5.78 Å². The number of hydrogen-bond acceptors (Lipinski definition) is 3. The number of Topliss-reactive ketones (excluding diaryl/α,β-unsaturated/α-hetero) is 1. The molecule has 30 heavy (non-hydrogen) atoms. The molecule has 0 saturated carbocycles. The van der Waals surface area contributed by atoms with E-state index in [0.717, 1.165) is 30.6 Å². The topological polar surface area (TPSA) is 66.5 Å². The maximum absolute atomic E-state index is 13.4. The molecular formula is C24H25FN2O3. The molecule has 1 atom stereocenters. The Bertz CT molecular complexity index is 1000. The molecule has 1 N–H and O–H groups in total. The fourth-order valence-corrected chi connectivity index (χ4v) is 4.44. The molecule has 0 bridgehead atoms. The van der Waals surface area contributed by atoms with Crippen LogP contribution in [-0.2, 0) is 23.2 Å². The molecule has 4 rings (SSSR count). The minimum absolute atomic E-state index is 0.265. The Morgan fingerprint density at radius 1 is 1.10 bits per heavy atom. The number of nitrogens with zero attached hydrogens (tertiary/aromatic N) is 1. The Morgan fingerprint density at radius 3 is 2.57 bits per heavy atom. The number of benzene rings is 2. The van der Waals surface area contributed by atoms with E-state index in [2.05, 4.69) is 5.32 Å². The van der Waals surface area contributed by atoms with E-state index in [0.29, 0.717) is 24.0 Å². The monoisotopic (exact) mass is 408 g/mol. The SMILES string of the molecule is CCCC[C@]1(c2ccc(F)cc2)NC(=O)N(CC(=O)c2ccc3c(c2)CCC3)C1=O. The van der Waals surface area contributed by atoms with Crippen LogP contribution in [0.15, 0.2) is 42.5 Å². The summed E-state index contributed by atoms with van der Waals surface area (Å²) in [5.74, 6) is -1.13. The highest BCUT2D eigenvalue weighted by Gasteiger charge is 2.52. The molecule has 2 aromatic carbocycles. The van der Waals surface area contributed by atoms with Gasteiger partial charge in [-0.15, -0.1) is 0 Å². The van der Waals surface area contributed by atoms with Crippen LogP contribution in [0, 0.1) is 5.82 Å². The fourth-order valence-electron chi connectivity index (χ4n) is 4.44. The molecule has 2 aromatic rings. The largest absolute Gasteiger partial charge is 0.325 e. The van der Waals surface area contributed by atoms with E-state index in [-0.39, 0.29) is 12.3 Å². The van der Waals surface area contributed by atoms with Crippen molar-refractivity contribution in [1.29, 1.82) is 0 Å². The lowest BCUT2D eigenvalue weighted by molar-refractivity contribution is -0.131. The predicted octanol–water partition coefficient (Wildman–Crippen LogP) is 4.13. The quantitative estimate of drug-likeness (QED) is 0.553. The van der Waals surface area contributed by atoms with Crippen molar-refractivity contribution in [2.45, 2.75) is 51.0 Å². The first kappa shape index (κ1) is 20.3. The van der Waals surface area contributed by atoms with Crippen LogP contribution in [-0.4, -0.2) is 29.2 Å².